The first kappa shape index (κ1) is 16.2. The zero-order valence-electron chi connectivity index (χ0n) is 13.2. The quantitative estimate of drug-likeness (QED) is 0.895. The highest BCUT2D eigenvalue weighted by molar-refractivity contribution is 7.99. The molecule has 0 radical (unpaired) electrons. The van der Waals surface area contributed by atoms with Crippen molar-refractivity contribution in [1.82, 2.24) is 5.32 Å². The molecule has 2 aromatic rings. The van der Waals surface area contributed by atoms with Crippen LogP contribution in [0.15, 0.2) is 47.4 Å². The molecule has 0 saturated heterocycles. The Hall–Kier alpha value is -1.65. The molecular weight excluding hydrogens is 328 g/mol. The Morgan fingerprint density at radius 1 is 1.26 bits per heavy atom. The smallest absolute Gasteiger partial charge is 0.251 e. The average molecular weight is 347 g/mol. The van der Waals surface area contributed by atoms with Crippen LogP contribution in [-0.2, 0) is 0 Å². The number of nitrogens with one attached hydrogen (secondary N) is 1. The fraction of sp³-hybridized carbons (Fsp3) is 0.278. The normalized spacial score (nSPS) is 16.6. The van der Waals surface area contributed by atoms with Crippen molar-refractivity contribution >= 4 is 35.0 Å². The number of fused-ring (bicyclic) bond motifs is 1. The number of hydrogen-bond donors (Lipinski definition) is 1. The number of carbonyl (C=O) groups excluding carboxylic acids is 1. The van der Waals surface area contributed by atoms with Gasteiger partial charge in [0.05, 0.1) is 6.04 Å². The van der Waals surface area contributed by atoms with E-state index in [-0.39, 0.29) is 11.9 Å². The van der Waals surface area contributed by atoms with E-state index < -0.39 is 0 Å². The molecule has 1 aliphatic rings. The number of anilines is 1. The predicted octanol–water partition coefficient (Wildman–Crippen LogP) is 4.37. The number of amides is 1. The van der Waals surface area contributed by atoms with E-state index in [4.69, 9.17) is 11.6 Å². The Bertz CT molecular complexity index is 733. The van der Waals surface area contributed by atoms with Gasteiger partial charge < -0.3 is 10.2 Å². The first-order valence-corrected chi connectivity index (χ1v) is 8.91. The third kappa shape index (κ3) is 3.65. The van der Waals surface area contributed by atoms with E-state index in [1.807, 2.05) is 73.2 Å². The van der Waals surface area contributed by atoms with Crippen molar-refractivity contribution in [3.63, 3.8) is 0 Å². The van der Waals surface area contributed by atoms with E-state index in [0.717, 1.165) is 23.4 Å². The van der Waals surface area contributed by atoms with Gasteiger partial charge in [-0.05, 0) is 48.4 Å². The molecule has 0 aromatic heterocycles. The van der Waals surface area contributed by atoms with Gasteiger partial charge in [-0.2, -0.15) is 0 Å². The molecule has 0 fully saturated rings. The van der Waals surface area contributed by atoms with Crippen LogP contribution in [0.3, 0.4) is 0 Å². The molecule has 0 bridgehead atoms. The van der Waals surface area contributed by atoms with Gasteiger partial charge in [0.15, 0.2) is 0 Å². The number of thioether (sulfide) groups is 1. The van der Waals surface area contributed by atoms with Gasteiger partial charge >= 0.3 is 0 Å². The Labute approximate surface area is 146 Å². The van der Waals surface area contributed by atoms with Crippen molar-refractivity contribution in [2.24, 2.45) is 0 Å². The van der Waals surface area contributed by atoms with Gasteiger partial charge in [-0.25, -0.2) is 0 Å². The maximum atomic E-state index is 12.6. The van der Waals surface area contributed by atoms with Crippen molar-refractivity contribution in [2.75, 3.05) is 24.7 Å². The predicted molar refractivity (Wildman–Crippen MR) is 97.8 cm³/mol. The van der Waals surface area contributed by atoms with E-state index >= 15 is 0 Å². The second kappa shape index (κ2) is 6.85. The molecule has 2 aromatic carbocycles. The Balaban J connectivity index is 1.82. The molecule has 0 unspecified atom stereocenters. The van der Waals surface area contributed by atoms with Crippen molar-refractivity contribution in [3.05, 3.63) is 58.6 Å². The van der Waals surface area contributed by atoms with Crippen LogP contribution in [0.4, 0.5) is 5.69 Å². The van der Waals surface area contributed by atoms with E-state index in [0.29, 0.717) is 10.6 Å². The summed E-state index contributed by atoms with van der Waals surface area (Å²) in [6, 6.07) is 13.6. The van der Waals surface area contributed by atoms with Crippen LogP contribution >= 0.6 is 23.4 Å². The summed E-state index contributed by atoms with van der Waals surface area (Å²) in [6.45, 7) is 0. The van der Waals surface area contributed by atoms with Gasteiger partial charge in [0.25, 0.3) is 5.91 Å². The molecule has 1 heterocycles. The molecule has 1 atom stereocenters. The lowest BCUT2D eigenvalue weighted by molar-refractivity contribution is 0.0935. The Morgan fingerprint density at radius 2 is 2.09 bits per heavy atom. The number of carbonyl (C=O) groups is 1. The summed E-state index contributed by atoms with van der Waals surface area (Å²) >= 11 is 7.94. The fourth-order valence-electron chi connectivity index (χ4n) is 2.68. The van der Waals surface area contributed by atoms with E-state index in [1.54, 1.807) is 0 Å². The van der Waals surface area contributed by atoms with Crippen molar-refractivity contribution in [3.8, 4) is 0 Å². The lowest BCUT2D eigenvalue weighted by Crippen LogP contribution is -2.30. The molecule has 1 aliphatic heterocycles. The molecule has 0 saturated carbocycles. The second-order valence-electron chi connectivity index (χ2n) is 5.79. The number of hydrogen-bond acceptors (Lipinski definition) is 3. The molecule has 3 rings (SSSR count). The van der Waals surface area contributed by atoms with E-state index in [9.17, 15) is 4.79 Å². The lowest BCUT2D eigenvalue weighted by Gasteiger charge is -2.26. The molecule has 23 heavy (non-hydrogen) atoms. The third-order valence-corrected chi connectivity index (χ3v) is 5.30. The van der Waals surface area contributed by atoms with Crippen LogP contribution in [0.25, 0.3) is 0 Å². The number of benzene rings is 2. The highest BCUT2D eigenvalue weighted by Gasteiger charge is 2.23. The van der Waals surface area contributed by atoms with Crippen LogP contribution in [0.1, 0.15) is 28.4 Å². The lowest BCUT2D eigenvalue weighted by atomic mass is 10.0. The molecule has 1 N–H and O–H groups in total. The maximum absolute atomic E-state index is 12.6. The first-order valence-electron chi connectivity index (χ1n) is 7.55. The van der Waals surface area contributed by atoms with Gasteiger partial charge in [0, 0.05) is 41.0 Å². The SMILES string of the molecule is CN(C)c1cccc(C(=O)N[C@@H]2CCSc3ccc(Cl)cc32)c1. The van der Waals surface area contributed by atoms with Crippen LogP contribution in [0.2, 0.25) is 5.02 Å². The van der Waals surface area contributed by atoms with Crippen LogP contribution < -0.4 is 10.2 Å². The number of nitrogens with zero attached hydrogens (tertiary/aromatic N) is 1. The minimum absolute atomic E-state index is 0.0143. The van der Waals surface area contributed by atoms with Gasteiger partial charge in [-0.1, -0.05) is 17.7 Å². The van der Waals surface area contributed by atoms with E-state index in [2.05, 4.69) is 5.32 Å². The van der Waals surface area contributed by atoms with Gasteiger partial charge in [0.2, 0.25) is 0 Å². The standard InChI is InChI=1S/C18H19ClN2OS/c1-21(2)14-5-3-4-12(10-14)18(22)20-16-8-9-23-17-7-6-13(19)11-15(16)17/h3-7,10-11,16H,8-9H2,1-2H3,(H,20,22)/t16-/m1/s1. The van der Waals surface area contributed by atoms with Crippen molar-refractivity contribution in [1.29, 1.82) is 0 Å². The summed E-state index contributed by atoms with van der Waals surface area (Å²) in [6.07, 6.45) is 0.914. The summed E-state index contributed by atoms with van der Waals surface area (Å²) in [5, 5.41) is 3.86. The average Bonchev–Trinajstić information content (AvgIpc) is 2.55. The number of halogens is 1. The van der Waals surface area contributed by atoms with E-state index in [1.165, 1.54) is 4.90 Å². The summed E-state index contributed by atoms with van der Waals surface area (Å²) in [5.74, 6) is 0.952. The first-order chi connectivity index (χ1) is 11.0. The molecule has 0 aliphatic carbocycles. The highest BCUT2D eigenvalue weighted by Crippen LogP contribution is 2.37. The maximum Gasteiger partial charge on any atom is 0.251 e. The summed E-state index contributed by atoms with van der Waals surface area (Å²) < 4.78 is 0. The molecule has 0 spiro atoms. The third-order valence-electron chi connectivity index (χ3n) is 3.94. The molecule has 120 valence electrons. The fourth-order valence-corrected chi connectivity index (χ4v) is 3.97. The molecule has 1 amide bonds. The molecule has 5 heteroatoms. The van der Waals surface area contributed by atoms with Gasteiger partial charge in [-0.3, -0.25) is 4.79 Å². The van der Waals surface area contributed by atoms with Gasteiger partial charge in [0.1, 0.15) is 0 Å². The molecular formula is C18H19ClN2OS. The summed E-state index contributed by atoms with van der Waals surface area (Å²) in [5.41, 5.74) is 2.81. The number of rotatable bonds is 3. The van der Waals surface area contributed by atoms with Crippen molar-refractivity contribution < 1.29 is 4.79 Å². The minimum Gasteiger partial charge on any atom is -0.378 e. The van der Waals surface area contributed by atoms with Gasteiger partial charge in [-0.15, -0.1) is 11.8 Å². The largest absolute Gasteiger partial charge is 0.378 e. The zero-order valence-corrected chi connectivity index (χ0v) is 14.7. The van der Waals surface area contributed by atoms with Crippen LogP contribution in [0, 0.1) is 0 Å². The summed E-state index contributed by atoms with van der Waals surface area (Å²) in [4.78, 5) is 15.8. The Kier molecular flexibility index (Phi) is 4.83. The topological polar surface area (TPSA) is 32.3 Å². The minimum atomic E-state index is -0.0449. The second-order valence-corrected chi connectivity index (χ2v) is 7.36. The summed E-state index contributed by atoms with van der Waals surface area (Å²) in [7, 11) is 3.93. The monoisotopic (exact) mass is 346 g/mol. The highest BCUT2D eigenvalue weighted by atomic mass is 35.5. The Morgan fingerprint density at radius 3 is 2.87 bits per heavy atom. The molecule has 3 nitrogen and oxygen atoms in total. The van der Waals surface area contributed by atoms with Crippen molar-refractivity contribution in [2.45, 2.75) is 17.4 Å². The van der Waals surface area contributed by atoms with Crippen LogP contribution in [-0.4, -0.2) is 25.8 Å². The van der Waals surface area contributed by atoms with Crippen LogP contribution in [0.5, 0.6) is 0 Å². The zero-order chi connectivity index (χ0) is 16.4.